The molecular weight excluding hydrogens is 378 g/mol. The predicted octanol–water partition coefficient (Wildman–Crippen LogP) is 4.04. The Labute approximate surface area is 177 Å². The van der Waals surface area contributed by atoms with Crippen molar-refractivity contribution in [3.05, 3.63) is 65.7 Å². The SMILES string of the molecule is CCOc1ccc([C@H]2CCCN2CN2C(=O)N[C@](CC)(c3ccccc3)C2=O)cc1. The highest BCUT2D eigenvalue weighted by Crippen LogP contribution is 2.36. The van der Waals surface area contributed by atoms with Gasteiger partial charge >= 0.3 is 6.03 Å². The fraction of sp³-hybridized carbons (Fsp3) is 0.417. The second kappa shape index (κ2) is 8.48. The Balaban J connectivity index is 1.53. The molecule has 4 rings (SSSR count). The molecule has 2 fully saturated rings. The van der Waals surface area contributed by atoms with Crippen LogP contribution >= 0.6 is 0 Å². The van der Waals surface area contributed by atoms with E-state index in [0.29, 0.717) is 19.7 Å². The van der Waals surface area contributed by atoms with Crippen molar-refractivity contribution in [1.82, 2.24) is 15.1 Å². The Morgan fingerprint density at radius 3 is 2.47 bits per heavy atom. The third kappa shape index (κ3) is 3.56. The average molecular weight is 408 g/mol. The first-order valence-corrected chi connectivity index (χ1v) is 10.8. The normalized spacial score (nSPS) is 24.3. The Morgan fingerprint density at radius 1 is 1.07 bits per heavy atom. The van der Waals surface area contributed by atoms with Crippen molar-refractivity contribution >= 4 is 11.9 Å². The average Bonchev–Trinajstić information content (AvgIpc) is 3.34. The second-order valence-electron chi connectivity index (χ2n) is 7.90. The summed E-state index contributed by atoms with van der Waals surface area (Å²) >= 11 is 0. The summed E-state index contributed by atoms with van der Waals surface area (Å²) in [5.41, 5.74) is 1.04. The lowest BCUT2D eigenvalue weighted by Gasteiger charge is -2.29. The number of rotatable bonds is 7. The summed E-state index contributed by atoms with van der Waals surface area (Å²) < 4.78 is 5.54. The van der Waals surface area contributed by atoms with E-state index in [0.717, 1.165) is 30.7 Å². The van der Waals surface area contributed by atoms with Gasteiger partial charge in [0.1, 0.15) is 11.3 Å². The quantitative estimate of drug-likeness (QED) is 0.704. The molecule has 2 aliphatic heterocycles. The van der Waals surface area contributed by atoms with Gasteiger partial charge in [0, 0.05) is 12.6 Å². The molecule has 2 heterocycles. The number of amides is 3. The van der Waals surface area contributed by atoms with Crippen LogP contribution in [-0.2, 0) is 10.3 Å². The molecule has 0 unspecified atom stereocenters. The molecular formula is C24H29N3O3. The molecule has 30 heavy (non-hydrogen) atoms. The highest BCUT2D eigenvalue weighted by molar-refractivity contribution is 6.07. The number of nitrogens with zero attached hydrogens (tertiary/aromatic N) is 2. The first kappa shape index (κ1) is 20.4. The molecule has 6 heteroatoms. The number of urea groups is 1. The molecule has 0 spiro atoms. The number of nitrogens with one attached hydrogen (secondary N) is 1. The van der Waals surface area contributed by atoms with Crippen molar-refractivity contribution in [2.24, 2.45) is 0 Å². The van der Waals surface area contributed by atoms with E-state index in [9.17, 15) is 9.59 Å². The molecule has 3 amide bonds. The lowest BCUT2D eigenvalue weighted by atomic mass is 9.87. The van der Waals surface area contributed by atoms with E-state index in [2.05, 4.69) is 22.3 Å². The summed E-state index contributed by atoms with van der Waals surface area (Å²) in [6.07, 6.45) is 2.56. The highest BCUT2D eigenvalue weighted by Gasteiger charge is 2.51. The highest BCUT2D eigenvalue weighted by atomic mass is 16.5. The molecule has 6 nitrogen and oxygen atoms in total. The topological polar surface area (TPSA) is 61.9 Å². The maximum absolute atomic E-state index is 13.4. The number of ether oxygens (including phenoxy) is 1. The minimum atomic E-state index is -0.979. The van der Waals surface area contributed by atoms with Crippen LogP contribution in [0.5, 0.6) is 5.75 Å². The van der Waals surface area contributed by atoms with Crippen LogP contribution in [-0.4, -0.2) is 41.6 Å². The van der Waals surface area contributed by atoms with Crippen LogP contribution in [0.2, 0.25) is 0 Å². The summed E-state index contributed by atoms with van der Waals surface area (Å²) in [7, 11) is 0. The smallest absolute Gasteiger partial charge is 0.326 e. The van der Waals surface area contributed by atoms with Crippen LogP contribution in [0.25, 0.3) is 0 Å². The summed E-state index contributed by atoms with van der Waals surface area (Å²) in [6, 6.07) is 17.5. The van der Waals surface area contributed by atoms with Gasteiger partial charge in [0.15, 0.2) is 0 Å². The lowest BCUT2D eigenvalue weighted by molar-refractivity contribution is -0.133. The van der Waals surface area contributed by atoms with Crippen molar-refractivity contribution in [3.8, 4) is 5.75 Å². The van der Waals surface area contributed by atoms with E-state index >= 15 is 0 Å². The zero-order valence-corrected chi connectivity index (χ0v) is 17.6. The molecule has 2 aromatic carbocycles. The molecule has 2 aliphatic rings. The van der Waals surface area contributed by atoms with Gasteiger partial charge in [-0.15, -0.1) is 0 Å². The van der Waals surface area contributed by atoms with Crippen molar-refractivity contribution in [2.75, 3.05) is 19.8 Å². The largest absolute Gasteiger partial charge is 0.494 e. The van der Waals surface area contributed by atoms with Gasteiger partial charge in [0.2, 0.25) is 0 Å². The number of hydrogen-bond acceptors (Lipinski definition) is 4. The van der Waals surface area contributed by atoms with Gasteiger partial charge in [-0.05, 0) is 49.4 Å². The number of carbonyl (C=O) groups is 2. The van der Waals surface area contributed by atoms with Gasteiger partial charge in [0.25, 0.3) is 5.91 Å². The fourth-order valence-electron chi connectivity index (χ4n) is 4.62. The Kier molecular flexibility index (Phi) is 5.77. The van der Waals surface area contributed by atoms with Crippen LogP contribution in [0.15, 0.2) is 54.6 Å². The first-order chi connectivity index (χ1) is 14.6. The number of hydrogen-bond donors (Lipinski definition) is 1. The van der Waals surface area contributed by atoms with Gasteiger partial charge in [-0.1, -0.05) is 49.4 Å². The van der Waals surface area contributed by atoms with Crippen molar-refractivity contribution in [1.29, 1.82) is 0 Å². The number of imide groups is 1. The maximum atomic E-state index is 13.4. The molecule has 2 saturated heterocycles. The molecule has 0 aliphatic carbocycles. The van der Waals surface area contributed by atoms with E-state index in [1.54, 1.807) is 0 Å². The molecule has 0 saturated carbocycles. The van der Waals surface area contributed by atoms with Crippen LogP contribution in [0, 0.1) is 0 Å². The zero-order valence-electron chi connectivity index (χ0n) is 17.6. The number of carbonyl (C=O) groups excluding carboxylic acids is 2. The van der Waals surface area contributed by atoms with E-state index in [-0.39, 0.29) is 18.0 Å². The lowest BCUT2D eigenvalue weighted by Crippen LogP contribution is -2.45. The van der Waals surface area contributed by atoms with Gasteiger partial charge < -0.3 is 10.1 Å². The second-order valence-corrected chi connectivity index (χ2v) is 7.90. The van der Waals surface area contributed by atoms with Crippen LogP contribution in [0.3, 0.4) is 0 Å². The molecule has 2 aromatic rings. The Bertz CT molecular complexity index is 900. The third-order valence-electron chi connectivity index (χ3n) is 6.24. The molecule has 2 atom stereocenters. The monoisotopic (exact) mass is 407 g/mol. The van der Waals surface area contributed by atoms with Gasteiger partial charge in [-0.2, -0.15) is 0 Å². The van der Waals surface area contributed by atoms with Crippen molar-refractivity contribution in [2.45, 2.75) is 44.7 Å². The fourth-order valence-corrected chi connectivity index (χ4v) is 4.62. The summed E-state index contributed by atoms with van der Waals surface area (Å²) in [5.74, 6) is 0.689. The van der Waals surface area contributed by atoms with E-state index in [1.165, 1.54) is 10.5 Å². The molecule has 0 bridgehead atoms. The molecule has 158 valence electrons. The van der Waals surface area contributed by atoms with Crippen LogP contribution < -0.4 is 10.1 Å². The van der Waals surface area contributed by atoms with Crippen molar-refractivity contribution < 1.29 is 14.3 Å². The zero-order chi connectivity index (χ0) is 21.1. The minimum Gasteiger partial charge on any atom is -0.494 e. The summed E-state index contributed by atoms with van der Waals surface area (Å²) in [6.45, 7) is 5.71. The van der Waals surface area contributed by atoms with Crippen molar-refractivity contribution in [3.63, 3.8) is 0 Å². The minimum absolute atomic E-state index is 0.168. The predicted molar refractivity (Wildman–Crippen MR) is 115 cm³/mol. The van der Waals surface area contributed by atoms with Gasteiger partial charge in [0.05, 0.1) is 13.3 Å². The number of likely N-dealkylation sites (tertiary alicyclic amines) is 1. The molecule has 0 aromatic heterocycles. The van der Waals surface area contributed by atoms with Gasteiger partial charge in [-0.25, -0.2) is 9.69 Å². The van der Waals surface area contributed by atoms with Crippen LogP contribution in [0.1, 0.15) is 50.3 Å². The molecule has 0 radical (unpaired) electrons. The third-order valence-corrected chi connectivity index (χ3v) is 6.24. The number of benzene rings is 2. The maximum Gasteiger partial charge on any atom is 0.326 e. The Morgan fingerprint density at radius 2 is 1.80 bits per heavy atom. The van der Waals surface area contributed by atoms with E-state index < -0.39 is 5.54 Å². The van der Waals surface area contributed by atoms with Gasteiger partial charge in [-0.3, -0.25) is 9.69 Å². The van der Waals surface area contributed by atoms with Crippen LogP contribution in [0.4, 0.5) is 4.79 Å². The summed E-state index contributed by atoms with van der Waals surface area (Å²) in [4.78, 5) is 29.9. The first-order valence-electron chi connectivity index (χ1n) is 10.8. The molecule has 1 N–H and O–H groups in total. The standard InChI is InChI=1S/C24H29N3O3/c1-3-24(19-9-6-5-7-10-19)22(28)27(23(29)25-24)17-26-16-8-11-21(26)18-12-14-20(15-13-18)30-4-2/h5-7,9-10,12-15,21H,3-4,8,11,16-17H2,1-2H3,(H,25,29)/t21-,24-/m1/s1. The Hall–Kier alpha value is -2.86. The van der Waals surface area contributed by atoms with E-state index in [1.807, 2.05) is 56.3 Å². The summed E-state index contributed by atoms with van der Waals surface area (Å²) in [5, 5.41) is 2.98. The van der Waals surface area contributed by atoms with E-state index in [4.69, 9.17) is 4.74 Å².